The number of alkyl halides is 1. The Morgan fingerprint density at radius 1 is 1.38 bits per heavy atom. The van der Waals surface area contributed by atoms with Crippen molar-refractivity contribution in [3.05, 3.63) is 35.9 Å². The minimum Gasteiger partial charge on any atom is -0.374 e. The van der Waals surface area contributed by atoms with Gasteiger partial charge in [0.2, 0.25) is 0 Å². The van der Waals surface area contributed by atoms with Crippen LogP contribution in [0.3, 0.4) is 0 Å². The van der Waals surface area contributed by atoms with Crippen LogP contribution in [0.25, 0.3) is 0 Å². The lowest BCUT2D eigenvalue weighted by Crippen LogP contribution is -2.48. The van der Waals surface area contributed by atoms with E-state index in [-0.39, 0.29) is 0 Å². The van der Waals surface area contributed by atoms with Crippen LogP contribution in [-0.2, 0) is 11.3 Å². The van der Waals surface area contributed by atoms with Gasteiger partial charge in [0.15, 0.2) is 0 Å². The van der Waals surface area contributed by atoms with E-state index < -0.39 is 0 Å². The number of halogens is 1. The fraction of sp³-hybridized carbons (Fsp3) is 0.538. The topological polar surface area (TPSA) is 12.5 Å². The average Bonchev–Trinajstić information content (AvgIpc) is 2.33. The molecule has 0 N–H and O–H groups in total. The molecule has 3 heteroatoms. The Hall–Kier alpha value is -0.130. The van der Waals surface area contributed by atoms with Crippen molar-refractivity contribution in [3.8, 4) is 0 Å². The first kappa shape index (κ1) is 12.3. The second-order valence-electron chi connectivity index (χ2n) is 4.37. The van der Waals surface area contributed by atoms with Crippen molar-refractivity contribution < 1.29 is 4.74 Å². The first-order valence-electron chi connectivity index (χ1n) is 5.75. The Morgan fingerprint density at radius 3 is 2.81 bits per heavy atom. The molecule has 1 saturated heterocycles. The normalized spacial score (nSPS) is 26.9. The molecule has 1 aliphatic heterocycles. The van der Waals surface area contributed by atoms with Crippen LogP contribution in [0.5, 0.6) is 0 Å². The van der Waals surface area contributed by atoms with E-state index in [1.807, 2.05) is 0 Å². The van der Waals surface area contributed by atoms with Crippen molar-refractivity contribution in [2.24, 2.45) is 0 Å². The van der Waals surface area contributed by atoms with Crippen LogP contribution < -0.4 is 0 Å². The van der Waals surface area contributed by atoms with Gasteiger partial charge >= 0.3 is 0 Å². The zero-order valence-corrected chi connectivity index (χ0v) is 11.8. The summed E-state index contributed by atoms with van der Waals surface area (Å²) in [7, 11) is 0. The van der Waals surface area contributed by atoms with Gasteiger partial charge in [0.1, 0.15) is 0 Å². The molecule has 1 fully saturated rings. The number of ether oxygens (including phenoxy) is 1. The molecule has 1 heterocycles. The lowest BCUT2D eigenvalue weighted by atomic mass is 10.1. The number of morpholine rings is 1. The zero-order chi connectivity index (χ0) is 11.4. The fourth-order valence-electron chi connectivity index (χ4n) is 2.01. The van der Waals surface area contributed by atoms with E-state index in [9.17, 15) is 0 Å². The maximum absolute atomic E-state index is 5.76. The molecule has 88 valence electrons. The average molecular weight is 331 g/mol. The van der Waals surface area contributed by atoms with Crippen molar-refractivity contribution in [1.82, 2.24) is 4.90 Å². The molecule has 0 aromatic heterocycles. The lowest BCUT2D eigenvalue weighted by molar-refractivity contribution is -0.0492. The molecule has 0 bridgehead atoms. The highest BCUT2D eigenvalue weighted by Crippen LogP contribution is 2.16. The third-order valence-electron chi connectivity index (χ3n) is 3.04. The van der Waals surface area contributed by atoms with E-state index in [4.69, 9.17) is 4.74 Å². The second kappa shape index (κ2) is 5.98. The predicted molar refractivity (Wildman–Crippen MR) is 74.9 cm³/mol. The number of rotatable bonds is 3. The highest BCUT2D eigenvalue weighted by molar-refractivity contribution is 14.1. The van der Waals surface area contributed by atoms with E-state index in [1.165, 1.54) is 5.56 Å². The van der Waals surface area contributed by atoms with Gasteiger partial charge in [-0.3, -0.25) is 4.90 Å². The molecule has 0 unspecified atom stereocenters. The molecule has 0 aliphatic carbocycles. The summed E-state index contributed by atoms with van der Waals surface area (Å²) >= 11 is 2.40. The van der Waals surface area contributed by atoms with Gasteiger partial charge in [-0.1, -0.05) is 52.9 Å². The first-order valence-corrected chi connectivity index (χ1v) is 7.27. The first-order chi connectivity index (χ1) is 7.79. The number of hydrogen-bond donors (Lipinski definition) is 0. The fourth-order valence-corrected chi connectivity index (χ4v) is 2.54. The number of benzene rings is 1. The van der Waals surface area contributed by atoms with Gasteiger partial charge < -0.3 is 4.74 Å². The zero-order valence-electron chi connectivity index (χ0n) is 9.60. The molecule has 0 amide bonds. The van der Waals surface area contributed by atoms with Crippen LogP contribution >= 0.6 is 22.6 Å². The largest absolute Gasteiger partial charge is 0.374 e. The Labute approximate surface area is 111 Å². The summed E-state index contributed by atoms with van der Waals surface area (Å²) in [5.74, 6) is 0. The molecule has 16 heavy (non-hydrogen) atoms. The highest BCUT2D eigenvalue weighted by atomic mass is 127. The van der Waals surface area contributed by atoms with Crippen molar-refractivity contribution in [3.63, 3.8) is 0 Å². The molecule has 2 atom stereocenters. The highest BCUT2D eigenvalue weighted by Gasteiger charge is 2.25. The Balaban J connectivity index is 1.97. The Kier molecular flexibility index (Phi) is 4.61. The maximum atomic E-state index is 5.76. The Bertz CT molecular complexity index is 317. The van der Waals surface area contributed by atoms with Crippen LogP contribution in [0, 0.1) is 0 Å². The molecule has 1 aromatic carbocycles. The van der Waals surface area contributed by atoms with Gasteiger partial charge in [0, 0.05) is 23.6 Å². The summed E-state index contributed by atoms with van der Waals surface area (Å²) < 4.78 is 6.84. The lowest BCUT2D eigenvalue weighted by Gasteiger charge is -2.37. The number of hydrogen-bond acceptors (Lipinski definition) is 2. The van der Waals surface area contributed by atoms with Gasteiger partial charge in [-0.2, -0.15) is 0 Å². The van der Waals surface area contributed by atoms with Crippen LogP contribution in [0.15, 0.2) is 30.3 Å². The van der Waals surface area contributed by atoms with E-state index in [0.717, 1.165) is 24.1 Å². The van der Waals surface area contributed by atoms with Crippen molar-refractivity contribution in [2.75, 3.05) is 17.6 Å². The van der Waals surface area contributed by atoms with Gasteiger partial charge in [-0.25, -0.2) is 0 Å². The smallest absolute Gasteiger partial charge is 0.0792 e. The standard InChI is InChI=1S/C13H18INO/c1-11-10-16-13(7-14)9-15(11)8-12-5-3-2-4-6-12/h2-6,11,13H,7-10H2,1H3/t11-,13-/m1/s1. The summed E-state index contributed by atoms with van der Waals surface area (Å²) in [6.45, 7) is 5.20. The summed E-state index contributed by atoms with van der Waals surface area (Å²) in [4.78, 5) is 2.52. The van der Waals surface area contributed by atoms with Crippen LogP contribution in [0.4, 0.5) is 0 Å². The van der Waals surface area contributed by atoms with Gasteiger partial charge in [-0.05, 0) is 12.5 Å². The molecule has 2 rings (SSSR count). The molecular weight excluding hydrogens is 313 g/mol. The van der Waals surface area contributed by atoms with E-state index in [2.05, 4.69) is 64.7 Å². The molecule has 1 aromatic rings. The van der Waals surface area contributed by atoms with Crippen molar-refractivity contribution in [2.45, 2.75) is 25.6 Å². The monoisotopic (exact) mass is 331 g/mol. The molecule has 0 spiro atoms. The molecule has 1 aliphatic rings. The van der Waals surface area contributed by atoms with Crippen LogP contribution in [-0.4, -0.2) is 34.6 Å². The van der Waals surface area contributed by atoms with E-state index in [1.54, 1.807) is 0 Å². The van der Waals surface area contributed by atoms with Crippen LogP contribution in [0.2, 0.25) is 0 Å². The van der Waals surface area contributed by atoms with E-state index in [0.29, 0.717) is 12.1 Å². The molecule has 2 nitrogen and oxygen atoms in total. The van der Waals surface area contributed by atoms with Gasteiger partial charge in [0.25, 0.3) is 0 Å². The number of nitrogens with zero attached hydrogens (tertiary/aromatic N) is 1. The predicted octanol–water partition coefficient (Wildman–Crippen LogP) is 2.71. The maximum Gasteiger partial charge on any atom is 0.0792 e. The molecule has 0 radical (unpaired) electrons. The summed E-state index contributed by atoms with van der Waals surface area (Å²) in [5, 5.41) is 0. The van der Waals surface area contributed by atoms with Crippen molar-refractivity contribution in [1.29, 1.82) is 0 Å². The van der Waals surface area contributed by atoms with Crippen molar-refractivity contribution >= 4 is 22.6 Å². The van der Waals surface area contributed by atoms with Gasteiger partial charge in [-0.15, -0.1) is 0 Å². The van der Waals surface area contributed by atoms with Crippen LogP contribution in [0.1, 0.15) is 12.5 Å². The minimum atomic E-state index is 0.403. The summed E-state index contributed by atoms with van der Waals surface area (Å²) in [6.07, 6.45) is 0.403. The molecular formula is C13H18INO. The van der Waals surface area contributed by atoms with E-state index >= 15 is 0 Å². The minimum absolute atomic E-state index is 0.403. The third kappa shape index (κ3) is 3.18. The summed E-state index contributed by atoms with van der Waals surface area (Å²) in [6, 6.07) is 11.2. The third-order valence-corrected chi connectivity index (χ3v) is 4.02. The Morgan fingerprint density at radius 2 is 2.12 bits per heavy atom. The quantitative estimate of drug-likeness (QED) is 0.624. The SMILES string of the molecule is C[C@@H]1CO[C@H](CI)CN1Cc1ccccc1. The molecule has 0 saturated carbocycles. The summed E-state index contributed by atoms with van der Waals surface area (Å²) in [5.41, 5.74) is 1.39. The van der Waals surface area contributed by atoms with Gasteiger partial charge in [0.05, 0.1) is 12.7 Å². The second-order valence-corrected chi connectivity index (χ2v) is 5.25.